The Morgan fingerprint density at radius 1 is 1.25 bits per heavy atom. The Bertz CT molecular complexity index is 380. The van der Waals surface area contributed by atoms with Crippen LogP contribution in [-0.4, -0.2) is 12.5 Å². The van der Waals surface area contributed by atoms with Gasteiger partial charge in [0.05, 0.1) is 0 Å². The lowest BCUT2D eigenvalue weighted by Crippen LogP contribution is -2.26. The van der Waals surface area contributed by atoms with Gasteiger partial charge in [-0.15, -0.1) is 0 Å². The first kappa shape index (κ1) is 11.2. The molecule has 0 spiro atoms. The summed E-state index contributed by atoms with van der Waals surface area (Å²) in [5.41, 5.74) is 2.36. The van der Waals surface area contributed by atoms with Crippen molar-refractivity contribution in [3.05, 3.63) is 29.8 Å². The minimum atomic E-state index is 0.185. The maximum Gasteiger partial charge on any atom is 0.229 e. The fraction of sp³-hybridized carbons (Fsp3) is 0.500. The van der Waals surface area contributed by atoms with Gasteiger partial charge in [0.25, 0.3) is 0 Å². The van der Waals surface area contributed by atoms with Gasteiger partial charge in [0.2, 0.25) is 5.91 Å². The number of amides is 1. The molecule has 1 unspecified atom stereocenters. The second-order valence-corrected chi connectivity index (χ2v) is 4.93. The van der Waals surface area contributed by atoms with Crippen LogP contribution in [0.15, 0.2) is 24.3 Å². The van der Waals surface area contributed by atoms with Crippen molar-refractivity contribution in [2.45, 2.75) is 33.1 Å². The summed E-state index contributed by atoms with van der Waals surface area (Å²) in [5, 5.41) is 0. The van der Waals surface area contributed by atoms with E-state index in [-0.39, 0.29) is 11.8 Å². The third-order valence-electron chi connectivity index (χ3n) is 3.34. The van der Waals surface area contributed by atoms with Gasteiger partial charge in [0, 0.05) is 18.2 Å². The lowest BCUT2D eigenvalue weighted by atomic mass is 10.0. The zero-order chi connectivity index (χ0) is 11.7. The van der Waals surface area contributed by atoms with Crippen molar-refractivity contribution in [1.82, 2.24) is 0 Å². The third kappa shape index (κ3) is 1.97. The molecule has 2 heteroatoms. The van der Waals surface area contributed by atoms with Crippen LogP contribution in [0, 0.1) is 5.92 Å². The average molecular weight is 217 g/mol. The molecule has 0 aromatic heterocycles. The summed E-state index contributed by atoms with van der Waals surface area (Å²) in [6.07, 6.45) is 0.977. The summed E-state index contributed by atoms with van der Waals surface area (Å²) >= 11 is 0. The van der Waals surface area contributed by atoms with Gasteiger partial charge in [-0.05, 0) is 30.0 Å². The van der Waals surface area contributed by atoms with E-state index in [0.717, 1.165) is 18.7 Å². The lowest BCUT2D eigenvalue weighted by Gasteiger charge is -2.17. The Balaban J connectivity index is 2.19. The van der Waals surface area contributed by atoms with Crippen molar-refractivity contribution in [2.75, 3.05) is 11.4 Å². The van der Waals surface area contributed by atoms with Crippen LogP contribution in [0.3, 0.4) is 0 Å². The number of benzene rings is 1. The minimum absolute atomic E-state index is 0.185. The van der Waals surface area contributed by atoms with Gasteiger partial charge < -0.3 is 4.90 Å². The van der Waals surface area contributed by atoms with E-state index in [1.807, 2.05) is 11.8 Å². The molecule has 0 bridgehead atoms. The van der Waals surface area contributed by atoms with Crippen LogP contribution < -0.4 is 4.90 Å². The van der Waals surface area contributed by atoms with Crippen molar-refractivity contribution in [2.24, 2.45) is 5.92 Å². The molecule has 1 aromatic rings. The minimum Gasteiger partial charge on any atom is -0.312 e. The molecule has 1 fully saturated rings. The maximum absolute atomic E-state index is 11.9. The van der Waals surface area contributed by atoms with E-state index in [2.05, 4.69) is 38.1 Å². The lowest BCUT2D eigenvalue weighted by molar-refractivity contribution is -0.119. The molecule has 0 saturated carbocycles. The SMILES string of the molecule is CC1CCN(c2ccc(C(C)C)cc2)C1=O. The first-order valence-electron chi connectivity index (χ1n) is 6.01. The van der Waals surface area contributed by atoms with Crippen LogP contribution in [0.25, 0.3) is 0 Å². The van der Waals surface area contributed by atoms with E-state index in [4.69, 9.17) is 0 Å². The Morgan fingerprint density at radius 3 is 2.31 bits per heavy atom. The fourth-order valence-corrected chi connectivity index (χ4v) is 2.12. The van der Waals surface area contributed by atoms with E-state index in [1.165, 1.54) is 5.56 Å². The number of anilines is 1. The van der Waals surface area contributed by atoms with Gasteiger partial charge in [-0.2, -0.15) is 0 Å². The largest absolute Gasteiger partial charge is 0.312 e. The molecule has 16 heavy (non-hydrogen) atoms. The molecule has 2 rings (SSSR count). The Hall–Kier alpha value is -1.31. The molecule has 2 nitrogen and oxygen atoms in total. The molecular formula is C14H19NO. The van der Waals surface area contributed by atoms with Crippen LogP contribution in [-0.2, 0) is 4.79 Å². The van der Waals surface area contributed by atoms with Crippen LogP contribution in [0.4, 0.5) is 5.69 Å². The molecule has 1 atom stereocenters. The van der Waals surface area contributed by atoms with Crippen molar-refractivity contribution in [1.29, 1.82) is 0 Å². The summed E-state index contributed by atoms with van der Waals surface area (Å²) in [4.78, 5) is 13.7. The average Bonchev–Trinajstić information content (AvgIpc) is 2.60. The molecule has 1 aliphatic rings. The van der Waals surface area contributed by atoms with E-state index >= 15 is 0 Å². The van der Waals surface area contributed by atoms with Gasteiger partial charge in [0.1, 0.15) is 0 Å². The van der Waals surface area contributed by atoms with Crippen LogP contribution in [0.1, 0.15) is 38.7 Å². The van der Waals surface area contributed by atoms with Crippen LogP contribution in [0.2, 0.25) is 0 Å². The molecule has 0 aliphatic carbocycles. The molecule has 1 heterocycles. The van der Waals surface area contributed by atoms with E-state index in [0.29, 0.717) is 5.92 Å². The van der Waals surface area contributed by atoms with Crippen molar-refractivity contribution >= 4 is 11.6 Å². The highest BCUT2D eigenvalue weighted by molar-refractivity contribution is 5.96. The van der Waals surface area contributed by atoms with Gasteiger partial charge in [0.15, 0.2) is 0 Å². The topological polar surface area (TPSA) is 20.3 Å². The second-order valence-electron chi connectivity index (χ2n) is 4.93. The van der Waals surface area contributed by atoms with Gasteiger partial charge >= 0.3 is 0 Å². The predicted octanol–water partition coefficient (Wildman–Crippen LogP) is 3.18. The second kappa shape index (κ2) is 4.28. The number of rotatable bonds is 2. The smallest absolute Gasteiger partial charge is 0.229 e. The third-order valence-corrected chi connectivity index (χ3v) is 3.34. The predicted molar refractivity (Wildman–Crippen MR) is 66.7 cm³/mol. The number of hydrogen-bond donors (Lipinski definition) is 0. The number of nitrogens with zero attached hydrogens (tertiary/aromatic N) is 1. The summed E-state index contributed by atoms with van der Waals surface area (Å²) in [5.74, 6) is 0.990. The molecule has 1 aromatic carbocycles. The highest BCUT2D eigenvalue weighted by atomic mass is 16.2. The maximum atomic E-state index is 11.9. The normalized spacial score (nSPS) is 20.9. The summed E-state index contributed by atoms with van der Waals surface area (Å²) in [6, 6.07) is 8.36. The van der Waals surface area contributed by atoms with E-state index in [9.17, 15) is 4.79 Å². The first-order valence-corrected chi connectivity index (χ1v) is 6.01. The van der Waals surface area contributed by atoms with Crippen LogP contribution in [0.5, 0.6) is 0 Å². The van der Waals surface area contributed by atoms with Gasteiger partial charge in [-0.1, -0.05) is 32.9 Å². The first-order chi connectivity index (χ1) is 7.59. The highest BCUT2D eigenvalue weighted by Crippen LogP contribution is 2.26. The summed E-state index contributed by atoms with van der Waals surface area (Å²) in [6.45, 7) is 7.22. The monoisotopic (exact) mass is 217 g/mol. The van der Waals surface area contributed by atoms with Crippen molar-refractivity contribution in [3.63, 3.8) is 0 Å². The zero-order valence-electron chi connectivity index (χ0n) is 10.2. The Morgan fingerprint density at radius 2 is 1.88 bits per heavy atom. The zero-order valence-corrected chi connectivity index (χ0v) is 10.2. The molecule has 0 radical (unpaired) electrons. The quantitative estimate of drug-likeness (QED) is 0.745. The molecule has 1 amide bonds. The number of hydrogen-bond acceptors (Lipinski definition) is 1. The molecule has 0 N–H and O–H groups in total. The number of carbonyl (C=O) groups excluding carboxylic acids is 1. The fourth-order valence-electron chi connectivity index (χ4n) is 2.12. The molecule has 1 aliphatic heterocycles. The highest BCUT2D eigenvalue weighted by Gasteiger charge is 2.28. The van der Waals surface area contributed by atoms with Crippen molar-refractivity contribution in [3.8, 4) is 0 Å². The molecular weight excluding hydrogens is 198 g/mol. The molecule has 1 saturated heterocycles. The van der Waals surface area contributed by atoms with E-state index in [1.54, 1.807) is 0 Å². The van der Waals surface area contributed by atoms with E-state index < -0.39 is 0 Å². The molecule has 86 valence electrons. The van der Waals surface area contributed by atoms with Gasteiger partial charge in [-0.25, -0.2) is 0 Å². The Kier molecular flexibility index (Phi) is 2.99. The standard InChI is InChI=1S/C14H19NO/c1-10(2)12-4-6-13(7-5-12)15-9-8-11(3)14(15)16/h4-7,10-11H,8-9H2,1-3H3. The van der Waals surface area contributed by atoms with Crippen LogP contribution >= 0.6 is 0 Å². The van der Waals surface area contributed by atoms with Crippen molar-refractivity contribution < 1.29 is 4.79 Å². The number of carbonyl (C=O) groups is 1. The summed E-state index contributed by atoms with van der Waals surface area (Å²) in [7, 11) is 0. The Labute approximate surface area is 97.3 Å². The summed E-state index contributed by atoms with van der Waals surface area (Å²) < 4.78 is 0. The van der Waals surface area contributed by atoms with Gasteiger partial charge in [-0.3, -0.25) is 4.79 Å².